The Kier molecular flexibility index (Phi) is 2.54. The van der Waals surface area contributed by atoms with Crippen LogP contribution in [-0.2, 0) is 11.4 Å². The van der Waals surface area contributed by atoms with E-state index in [9.17, 15) is 0 Å². The van der Waals surface area contributed by atoms with Gasteiger partial charge in [0, 0.05) is 5.02 Å². The predicted molar refractivity (Wildman–Crippen MR) is 52.4 cm³/mol. The molecule has 0 aromatic heterocycles. The highest BCUT2D eigenvalue weighted by Crippen LogP contribution is 2.42. The van der Waals surface area contributed by atoms with Crippen LogP contribution in [0.15, 0.2) is 18.2 Å². The third-order valence-electron chi connectivity index (χ3n) is 2.36. The summed E-state index contributed by atoms with van der Waals surface area (Å²) in [6, 6.07) is 5.89. The molecule has 0 saturated heterocycles. The minimum Gasteiger partial charge on any atom is -0.300 e. The third kappa shape index (κ3) is 2.02. The van der Waals surface area contributed by atoms with Crippen molar-refractivity contribution in [1.29, 1.82) is 0 Å². The summed E-state index contributed by atoms with van der Waals surface area (Å²) >= 11 is 5.92. The molecule has 0 atom stereocenters. The topological polar surface area (TPSA) is 35.2 Å². The van der Waals surface area contributed by atoms with Gasteiger partial charge in [0.15, 0.2) is 0 Å². The van der Waals surface area contributed by atoms with E-state index >= 15 is 0 Å². The van der Waals surface area contributed by atoms with Crippen LogP contribution in [0.2, 0.25) is 5.02 Å². The number of benzene rings is 1. The molecule has 0 aliphatic heterocycles. The van der Waals surface area contributed by atoms with Gasteiger partial charge >= 0.3 is 0 Å². The molecule has 1 saturated carbocycles. The first kappa shape index (κ1) is 9.00. The molecule has 1 aromatic carbocycles. The number of hydrogen-bond donors (Lipinski definition) is 1. The fraction of sp³-hybridized carbons (Fsp3) is 0.400. The lowest BCUT2D eigenvalue weighted by Gasteiger charge is -2.07. The SMILES string of the molecule is NOCc1ccc(Cl)cc1C1CC1. The van der Waals surface area contributed by atoms with Crippen molar-refractivity contribution >= 4 is 11.6 Å². The Morgan fingerprint density at radius 3 is 2.85 bits per heavy atom. The zero-order valence-electron chi connectivity index (χ0n) is 7.29. The fourth-order valence-electron chi connectivity index (χ4n) is 1.56. The van der Waals surface area contributed by atoms with Gasteiger partial charge in [-0.2, -0.15) is 0 Å². The Morgan fingerprint density at radius 1 is 1.46 bits per heavy atom. The van der Waals surface area contributed by atoms with Gasteiger partial charge in [-0.05, 0) is 42.0 Å². The normalized spacial score (nSPS) is 16.2. The smallest absolute Gasteiger partial charge is 0.0932 e. The van der Waals surface area contributed by atoms with E-state index in [0.29, 0.717) is 12.5 Å². The number of rotatable bonds is 3. The molecular formula is C10H12ClNO. The predicted octanol–water partition coefficient (Wildman–Crippen LogP) is 2.61. The van der Waals surface area contributed by atoms with Gasteiger partial charge in [-0.1, -0.05) is 17.7 Å². The second kappa shape index (κ2) is 3.66. The lowest BCUT2D eigenvalue weighted by molar-refractivity contribution is 0.123. The maximum Gasteiger partial charge on any atom is 0.0932 e. The van der Waals surface area contributed by atoms with Gasteiger partial charge < -0.3 is 0 Å². The molecule has 0 spiro atoms. The second-order valence-corrected chi connectivity index (χ2v) is 3.86. The van der Waals surface area contributed by atoms with Crippen molar-refractivity contribution in [3.05, 3.63) is 34.3 Å². The highest BCUT2D eigenvalue weighted by atomic mass is 35.5. The van der Waals surface area contributed by atoms with E-state index in [2.05, 4.69) is 4.84 Å². The molecular weight excluding hydrogens is 186 g/mol. The fourth-order valence-corrected chi connectivity index (χ4v) is 1.74. The van der Waals surface area contributed by atoms with Crippen molar-refractivity contribution in [3.8, 4) is 0 Å². The van der Waals surface area contributed by atoms with Gasteiger partial charge in [0.1, 0.15) is 0 Å². The minimum absolute atomic E-state index is 0.475. The molecule has 70 valence electrons. The van der Waals surface area contributed by atoms with Crippen molar-refractivity contribution in [2.75, 3.05) is 0 Å². The summed E-state index contributed by atoms with van der Waals surface area (Å²) in [5, 5.41) is 0.794. The number of hydrogen-bond acceptors (Lipinski definition) is 2. The lowest BCUT2D eigenvalue weighted by Crippen LogP contribution is -2.01. The molecule has 13 heavy (non-hydrogen) atoms. The van der Waals surface area contributed by atoms with Crippen LogP contribution in [0.25, 0.3) is 0 Å². The molecule has 2 N–H and O–H groups in total. The average molecular weight is 198 g/mol. The summed E-state index contributed by atoms with van der Waals surface area (Å²) in [7, 11) is 0. The Hall–Kier alpha value is -0.570. The Bertz CT molecular complexity index is 310. The van der Waals surface area contributed by atoms with E-state index in [1.54, 1.807) is 0 Å². The maximum atomic E-state index is 5.92. The van der Waals surface area contributed by atoms with E-state index in [1.807, 2.05) is 18.2 Å². The van der Waals surface area contributed by atoms with Crippen LogP contribution >= 0.6 is 11.6 Å². The van der Waals surface area contributed by atoms with Gasteiger partial charge in [0.05, 0.1) is 6.61 Å². The van der Waals surface area contributed by atoms with E-state index in [4.69, 9.17) is 17.5 Å². The van der Waals surface area contributed by atoms with Gasteiger partial charge in [-0.25, -0.2) is 5.90 Å². The standard InChI is InChI=1S/C10H12ClNO/c11-9-4-3-8(6-13-12)10(5-9)7-1-2-7/h3-5,7H,1-2,6,12H2. The van der Waals surface area contributed by atoms with Crippen molar-refractivity contribution in [2.24, 2.45) is 5.90 Å². The largest absolute Gasteiger partial charge is 0.300 e. The number of halogens is 1. The van der Waals surface area contributed by atoms with E-state index in [-0.39, 0.29) is 0 Å². The molecule has 0 bridgehead atoms. The molecule has 1 aliphatic rings. The van der Waals surface area contributed by atoms with Crippen LogP contribution < -0.4 is 5.90 Å². The molecule has 2 rings (SSSR count). The van der Waals surface area contributed by atoms with Crippen LogP contribution in [-0.4, -0.2) is 0 Å². The zero-order chi connectivity index (χ0) is 9.26. The van der Waals surface area contributed by atoms with E-state index < -0.39 is 0 Å². The zero-order valence-corrected chi connectivity index (χ0v) is 8.05. The summed E-state index contributed by atoms with van der Waals surface area (Å²) in [5.74, 6) is 5.74. The summed E-state index contributed by atoms with van der Waals surface area (Å²) in [6.45, 7) is 0.475. The van der Waals surface area contributed by atoms with Crippen LogP contribution in [0.3, 0.4) is 0 Å². The summed E-state index contributed by atoms with van der Waals surface area (Å²) in [4.78, 5) is 4.64. The molecule has 2 nitrogen and oxygen atoms in total. The molecule has 0 radical (unpaired) electrons. The molecule has 0 heterocycles. The van der Waals surface area contributed by atoms with Crippen LogP contribution in [0.5, 0.6) is 0 Å². The quantitative estimate of drug-likeness (QED) is 0.757. The number of nitrogens with two attached hydrogens (primary N) is 1. The van der Waals surface area contributed by atoms with Crippen molar-refractivity contribution < 1.29 is 4.84 Å². The Morgan fingerprint density at radius 2 is 2.23 bits per heavy atom. The lowest BCUT2D eigenvalue weighted by atomic mass is 10.0. The molecule has 1 aliphatic carbocycles. The Balaban J connectivity index is 2.30. The van der Waals surface area contributed by atoms with Crippen LogP contribution in [0.4, 0.5) is 0 Å². The van der Waals surface area contributed by atoms with Crippen molar-refractivity contribution in [3.63, 3.8) is 0 Å². The van der Waals surface area contributed by atoms with E-state index in [0.717, 1.165) is 10.6 Å². The molecule has 1 aromatic rings. The molecule has 0 amide bonds. The van der Waals surface area contributed by atoms with Crippen molar-refractivity contribution in [2.45, 2.75) is 25.4 Å². The van der Waals surface area contributed by atoms with E-state index in [1.165, 1.54) is 18.4 Å². The first-order valence-electron chi connectivity index (χ1n) is 4.41. The molecule has 0 unspecified atom stereocenters. The second-order valence-electron chi connectivity index (χ2n) is 3.43. The first-order valence-corrected chi connectivity index (χ1v) is 4.79. The average Bonchev–Trinajstić information content (AvgIpc) is 2.91. The van der Waals surface area contributed by atoms with Crippen LogP contribution in [0.1, 0.15) is 29.9 Å². The summed E-state index contributed by atoms with van der Waals surface area (Å²) < 4.78 is 0. The minimum atomic E-state index is 0.475. The maximum absolute atomic E-state index is 5.92. The van der Waals surface area contributed by atoms with Gasteiger partial charge in [-0.15, -0.1) is 0 Å². The van der Waals surface area contributed by atoms with Crippen LogP contribution in [0, 0.1) is 0 Å². The van der Waals surface area contributed by atoms with Gasteiger partial charge in [0.25, 0.3) is 0 Å². The molecule has 3 heteroatoms. The highest BCUT2D eigenvalue weighted by Gasteiger charge is 2.25. The monoisotopic (exact) mass is 197 g/mol. The first-order chi connectivity index (χ1) is 6.31. The summed E-state index contributed by atoms with van der Waals surface area (Å²) in [6.07, 6.45) is 2.52. The van der Waals surface area contributed by atoms with Gasteiger partial charge in [0.2, 0.25) is 0 Å². The highest BCUT2D eigenvalue weighted by molar-refractivity contribution is 6.30. The van der Waals surface area contributed by atoms with Gasteiger partial charge in [-0.3, -0.25) is 4.84 Å². The molecule has 1 fully saturated rings. The third-order valence-corrected chi connectivity index (χ3v) is 2.60. The summed E-state index contributed by atoms with van der Waals surface area (Å²) in [5.41, 5.74) is 2.47. The van der Waals surface area contributed by atoms with Crippen molar-refractivity contribution in [1.82, 2.24) is 0 Å². The Labute approximate surface area is 82.6 Å².